The maximum atomic E-state index is 11.7. The van der Waals surface area contributed by atoms with Crippen LogP contribution >= 0.6 is 24.0 Å². The average Bonchev–Trinajstić information content (AvgIpc) is 2.50. The van der Waals surface area contributed by atoms with Crippen LogP contribution in [-0.4, -0.2) is 57.7 Å². The van der Waals surface area contributed by atoms with Gasteiger partial charge in [0.25, 0.3) is 0 Å². The number of nitrogens with one attached hydrogen (secondary N) is 2. The summed E-state index contributed by atoms with van der Waals surface area (Å²) >= 11 is 0. The van der Waals surface area contributed by atoms with E-state index in [9.17, 15) is 4.79 Å². The average molecular weight is 448 g/mol. The quantitative estimate of drug-likeness (QED) is 0.289. The number of guanidine groups is 1. The highest BCUT2D eigenvalue weighted by molar-refractivity contribution is 14.0. The standard InChI is InChI=1S/C17H28N4O2.HI/c1-13-6-7-15(14(2)10-13)11-19-17(18-8-9-23-5)20-12-16(22)21(3)4;/h6-7,10H,8-9,11-12H2,1-5H3,(H2,18,19,20);1H. The molecule has 7 heteroatoms. The van der Waals surface area contributed by atoms with E-state index >= 15 is 0 Å². The second-order valence-corrected chi connectivity index (χ2v) is 5.66. The number of likely N-dealkylation sites (N-methyl/N-ethyl adjacent to an activating group) is 1. The van der Waals surface area contributed by atoms with Gasteiger partial charge in [0.2, 0.25) is 5.91 Å². The lowest BCUT2D eigenvalue weighted by molar-refractivity contribution is -0.127. The van der Waals surface area contributed by atoms with Crippen molar-refractivity contribution in [3.8, 4) is 0 Å². The minimum Gasteiger partial charge on any atom is -0.383 e. The van der Waals surface area contributed by atoms with Crippen molar-refractivity contribution in [2.75, 3.05) is 40.9 Å². The second-order valence-electron chi connectivity index (χ2n) is 5.66. The van der Waals surface area contributed by atoms with Gasteiger partial charge in [-0.15, -0.1) is 24.0 Å². The third-order valence-corrected chi connectivity index (χ3v) is 3.41. The number of hydrogen-bond donors (Lipinski definition) is 2. The Bertz CT molecular complexity index is 547. The number of ether oxygens (including phenoxy) is 1. The fraction of sp³-hybridized carbons (Fsp3) is 0.529. The van der Waals surface area contributed by atoms with Crippen LogP contribution in [0.2, 0.25) is 0 Å². The maximum Gasteiger partial charge on any atom is 0.241 e. The molecule has 6 nitrogen and oxygen atoms in total. The molecule has 0 aromatic heterocycles. The Kier molecular flexibility index (Phi) is 11.4. The summed E-state index contributed by atoms with van der Waals surface area (Å²) in [4.78, 5) is 17.8. The van der Waals surface area contributed by atoms with E-state index in [-0.39, 0.29) is 36.4 Å². The van der Waals surface area contributed by atoms with Crippen LogP contribution in [0.4, 0.5) is 0 Å². The third kappa shape index (κ3) is 8.49. The molecule has 2 N–H and O–H groups in total. The minimum absolute atomic E-state index is 0. The minimum atomic E-state index is -0.00208. The predicted octanol–water partition coefficient (Wildman–Crippen LogP) is 1.69. The molecule has 0 bridgehead atoms. The Labute approximate surface area is 162 Å². The number of nitrogens with zero attached hydrogens (tertiary/aromatic N) is 2. The van der Waals surface area contributed by atoms with Gasteiger partial charge in [-0.25, -0.2) is 4.99 Å². The van der Waals surface area contributed by atoms with Gasteiger partial charge in [0.05, 0.1) is 19.7 Å². The predicted molar refractivity (Wildman–Crippen MR) is 109 cm³/mol. The SMILES string of the molecule is COCCNC(=NCc1ccc(C)cc1C)NCC(=O)N(C)C.I. The number of aliphatic imine (C=N–C) groups is 1. The van der Waals surface area contributed by atoms with Crippen molar-refractivity contribution < 1.29 is 9.53 Å². The third-order valence-electron chi connectivity index (χ3n) is 3.41. The lowest BCUT2D eigenvalue weighted by atomic mass is 10.1. The first-order valence-corrected chi connectivity index (χ1v) is 7.71. The summed E-state index contributed by atoms with van der Waals surface area (Å²) in [5, 5.41) is 6.21. The number of aryl methyl sites for hydroxylation is 2. The first kappa shape index (κ1) is 22.6. The zero-order valence-corrected chi connectivity index (χ0v) is 17.5. The summed E-state index contributed by atoms with van der Waals surface area (Å²) in [5.74, 6) is 0.606. The molecule has 0 atom stereocenters. The summed E-state index contributed by atoms with van der Waals surface area (Å²) in [6.45, 7) is 6.13. The molecule has 1 aromatic rings. The number of rotatable bonds is 7. The summed E-state index contributed by atoms with van der Waals surface area (Å²) in [6, 6.07) is 6.32. The number of carbonyl (C=O) groups is 1. The first-order valence-electron chi connectivity index (χ1n) is 7.71. The van der Waals surface area contributed by atoms with E-state index in [0.717, 1.165) is 0 Å². The van der Waals surface area contributed by atoms with Crippen LogP contribution in [0.3, 0.4) is 0 Å². The molecule has 1 aromatic carbocycles. The topological polar surface area (TPSA) is 66.0 Å². The Morgan fingerprint density at radius 2 is 1.96 bits per heavy atom. The lowest BCUT2D eigenvalue weighted by Gasteiger charge is -2.15. The number of methoxy groups -OCH3 is 1. The number of benzene rings is 1. The van der Waals surface area contributed by atoms with Crippen molar-refractivity contribution in [3.05, 3.63) is 34.9 Å². The number of carbonyl (C=O) groups excluding carboxylic acids is 1. The molecule has 1 rings (SSSR count). The molecule has 0 saturated carbocycles. The molecule has 1 amide bonds. The molecule has 0 fully saturated rings. The monoisotopic (exact) mass is 448 g/mol. The molecule has 0 aliphatic heterocycles. The van der Waals surface area contributed by atoms with Crippen LogP contribution in [0, 0.1) is 13.8 Å². The smallest absolute Gasteiger partial charge is 0.241 e. The van der Waals surface area contributed by atoms with E-state index in [4.69, 9.17) is 4.74 Å². The second kappa shape index (κ2) is 12.1. The molecule has 0 heterocycles. The molecule has 0 spiro atoms. The molecule has 0 radical (unpaired) electrons. The van der Waals surface area contributed by atoms with Gasteiger partial charge in [0.15, 0.2) is 5.96 Å². The van der Waals surface area contributed by atoms with Crippen molar-refractivity contribution >= 4 is 35.8 Å². The van der Waals surface area contributed by atoms with Crippen molar-refractivity contribution in [1.82, 2.24) is 15.5 Å². The number of amides is 1. The highest BCUT2D eigenvalue weighted by Crippen LogP contribution is 2.11. The maximum absolute atomic E-state index is 11.7. The largest absolute Gasteiger partial charge is 0.383 e. The Morgan fingerprint density at radius 1 is 1.25 bits per heavy atom. The van der Waals surface area contributed by atoms with Gasteiger partial charge in [-0.3, -0.25) is 4.79 Å². The normalized spacial score (nSPS) is 10.8. The van der Waals surface area contributed by atoms with E-state index in [1.165, 1.54) is 16.7 Å². The Morgan fingerprint density at radius 3 is 2.54 bits per heavy atom. The van der Waals surface area contributed by atoms with E-state index in [1.54, 1.807) is 26.1 Å². The molecule has 136 valence electrons. The van der Waals surface area contributed by atoms with E-state index in [0.29, 0.717) is 25.7 Å². The zero-order chi connectivity index (χ0) is 17.2. The highest BCUT2D eigenvalue weighted by Gasteiger charge is 2.06. The summed E-state index contributed by atoms with van der Waals surface area (Å²) in [6.07, 6.45) is 0. The highest BCUT2D eigenvalue weighted by atomic mass is 127. The van der Waals surface area contributed by atoms with Gasteiger partial charge in [-0.05, 0) is 25.0 Å². The summed E-state index contributed by atoms with van der Waals surface area (Å²) in [7, 11) is 5.11. The van der Waals surface area contributed by atoms with Crippen LogP contribution in [-0.2, 0) is 16.1 Å². The zero-order valence-electron chi connectivity index (χ0n) is 15.2. The molecule has 0 aliphatic rings. The van der Waals surface area contributed by atoms with Crippen LogP contribution in [0.1, 0.15) is 16.7 Å². The Hall–Kier alpha value is -1.35. The molecular weight excluding hydrogens is 419 g/mol. The molecule has 0 saturated heterocycles. The van der Waals surface area contributed by atoms with Gasteiger partial charge in [-0.2, -0.15) is 0 Å². The van der Waals surface area contributed by atoms with Crippen molar-refractivity contribution in [1.29, 1.82) is 0 Å². The first-order chi connectivity index (χ1) is 10.9. The van der Waals surface area contributed by atoms with Crippen molar-refractivity contribution in [3.63, 3.8) is 0 Å². The van der Waals surface area contributed by atoms with E-state index < -0.39 is 0 Å². The van der Waals surface area contributed by atoms with E-state index in [1.807, 2.05) is 0 Å². The van der Waals surface area contributed by atoms with Crippen LogP contribution < -0.4 is 10.6 Å². The fourth-order valence-electron chi connectivity index (χ4n) is 1.95. The van der Waals surface area contributed by atoms with Crippen LogP contribution in [0.5, 0.6) is 0 Å². The van der Waals surface area contributed by atoms with Gasteiger partial charge >= 0.3 is 0 Å². The molecule has 0 unspecified atom stereocenters. The van der Waals surface area contributed by atoms with Gasteiger partial charge in [0, 0.05) is 27.7 Å². The van der Waals surface area contributed by atoms with Gasteiger partial charge in [-0.1, -0.05) is 23.8 Å². The van der Waals surface area contributed by atoms with E-state index in [2.05, 4.69) is 47.7 Å². The van der Waals surface area contributed by atoms with Gasteiger partial charge in [0.1, 0.15) is 0 Å². The van der Waals surface area contributed by atoms with Gasteiger partial charge < -0.3 is 20.3 Å². The lowest BCUT2D eigenvalue weighted by Crippen LogP contribution is -2.43. The molecular formula is C17H29IN4O2. The molecule has 24 heavy (non-hydrogen) atoms. The van der Waals surface area contributed by atoms with Crippen molar-refractivity contribution in [2.45, 2.75) is 20.4 Å². The fourth-order valence-corrected chi connectivity index (χ4v) is 1.95. The Balaban J connectivity index is 0.00000529. The van der Waals surface area contributed by atoms with Crippen molar-refractivity contribution in [2.24, 2.45) is 4.99 Å². The summed E-state index contributed by atoms with van der Waals surface area (Å²) in [5.41, 5.74) is 3.63. The molecule has 0 aliphatic carbocycles. The number of halogens is 1. The van der Waals surface area contributed by atoms with Crippen LogP contribution in [0.15, 0.2) is 23.2 Å². The van der Waals surface area contributed by atoms with Crippen LogP contribution in [0.25, 0.3) is 0 Å². The summed E-state index contributed by atoms with van der Waals surface area (Å²) < 4.78 is 5.03. The number of hydrogen-bond acceptors (Lipinski definition) is 3.